The summed E-state index contributed by atoms with van der Waals surface area (Å²) < 4.78 is 0. The van der Waals surface area contributed by atoms with Crippen molar-refractivity contribution in [1.82, 2.24) is 10.2 Å². The van der Waals surface area contributed by atoms with Crippen molar-refractivity contribution in [3.8, 4) is 0 Å². The summed E-state index contributed by atoms with van der Waals surface area (Å²) in [5, 5.41) is 3.63. The van der Waals surface area contributed by atoms with Gasteiger partial charge in [0.2, 0.25) is 0 Å². The molecule has 1 N–H and O–H groups in total. The third-order valence-electron chi connectivity index (χ3n) is 3.65. The second-order valence-corrected chi connectivity index (χ2v) is 4.84. The standard InChI is InChI=1S/C12H24N2.ClH/c1-4-9-14(10-5-1)11-7-12-6-2-3-8-13-12;/h12-13H,1-11H2;1H. The van der Waals surface area contributed by atoms with Crippen LogP contribution in [-0.4, -0.2) is 37.1 Å². The molecule has 2 heterocycles. The zero-order valence-corrected chi connectivity index (χ0v) is 10.5. The summed E-state index contributed by atoms with van der Waals surface area (Å²) in [5.74, 6) is 0. The van der Waals surface area contributed by atoms with Crippen molar-refractivity contribution in [2.75, 3.05) is 26.2 Å². The molecule has 15 heavy (non-hydrogen) atoms. The zero-order chi connectivity index (χ0) is 9.64. The predicted octanol–water partition coefficient (Wildman–Crippen LogP) is 2.43. The van der Waals surface area contributed by atoms with Crippen LogP contribution in [-0.2, 0) is 0 Å². The van der Waals surface area contributed by atoms with Crippen LogP contribution in [0, 0.1) is 0 Å². The molecule has 3 heteroatoms. The fourth-order valence-electron chi connectivity index (χ4n) is 2.69. The van der Waals surface area contributed by atoms with Crippen LogP contribution >= 0.6 is 12.4 Å². The minimum absolute atomic E-state index is 0. The van der Waals surface area contributed by atoms with Crippen molar-refractivity contribution in [3.05, 3.63) is 0 Å². The Morgan fingerprint density at radius 3 is 2.47 bits per heavy atom. The highest BCUT2D eigenvalue weighted by Crippen LogP contribution is 2.13. The predicted molar refractivity (Wildman–Crippen MR) is 67.8 cm³/mol. The van der Waals surface area contributed by atoms with E-state index < -0.39 is 0 Å². The average molecular weight is 233 g/mol. The van der Waals surface area contributed by atoms with Crippen LogP contribution in [0.5, 0.6) is 0 Å². The van der Waals surface area contributed by atoms with Crippen LogP contribution < -0.4 is 5.32 Å². The van der Waals surface area contributed by atoms with E-state index in [4.69, 9.17) is 0 Å². The molecule has 2 aliphatic rings. The van der Waals surface area contributed by atoms with E-state index in [2.05, 4.69) is 10.2 Å². The molecule has 0 aromatic rings. The molecule has 0 aromatic carbocycles. The van der Waals surface area contributed by atoms with E-state index in [-0.39, 0.29) is 12.4 Å². The van der Waals surface area contributed by atoms with Crippen molar-refractivity contribution >= 4 is 12.4 Å². The van der Waals surface area contributed by atoms with Crippen molar-refractivity contribution in [2.45, 2.75) is 51.0 Å². The van der Waals surface area contributed by atoms with Gasteiger partial charge in [-0.15, -0.1) is 12.4 Å². The Morgan fingerprint density at radius 2 is 1.80 bits per heavy atom. The molecule has 1 unspecified atom stereocenters. The lowest BCUT2D eigenvalue weighted by atomic mass is 10.0. The lowest BCUT2D eigenvalue weighted by Gasteiger charge is -2.30. The van der Waals surface area contributed by atoms with E-state index in [0.717, 1.165) is 6.04 Å². The molecule has 0 amide bonds. The van der Waals surface area contributed by atoms with E-state index in [9.17, 15) is 0 Å². The first kappa shape index (κ1) is 13.3. The zero-order valence-electron chi connectivity index (χ0n) is 9.71. The molecule has 0 radical (unpaired) electrons. The smallest absolute Gasteiger partial charge is 0.00792 e. The van der Waals surface area contributed by atoms with Crippen molar-refractivity contribution in [2.24, 2.45) is 0 Å². The summed E-state index contributed by atoms with van der Waals surface area (Å²) in [6.45, 7) is 5.29. The van der Waals surface area contributed by atoms with Crippen LogP contribution in [0.25, 0.3) is 0 Å². The molecule has 2 nitrogen and oxygen atoms in total. The Hall–Kier alpha value is 0.210. The molecule has 90 valence electrons. The van der Waals surface area contributed by atoms with Crippen LogP contribution in [0.15, 0.2) is 0 Å². The van der Waals surface area contributed by atoms with Gasteiger partial charge in [-0.3, -0.25) is 0 Å². The molecule has 0 aromatic heterocycles. The van der Waals surface area contributed by atoms with E-state index in [1.54, 1.807) is 0 Å². The number of hydrogen-bond donors (Lipinski definition) is 1. The van der Waals surface area contributed by atoms with Gasteiger partial charge >= 0.3 is 0 Å². The second kappa shape index (κ2) is 7.48. The first-order valence-electron chi connectivity index (χ1n) is 6.41. The fraction of sp³-hybridized carbons (Fsp3) is 1.00. The van der Waals surface area contributed by atoms with Gasteiger partial charge in [-0.1, -0.05) is 12.8 Å². The first-order chi connectivity index (χ1) is 6.95. The Morgan fingerprint density at radius 1 is 1.00 bits per heavy atom. The number of hydrogen-bond acceptors (Lipinski definition) is 2. The fourth-order valence-corrected chi connectivity index (χ4v) is 2.69. The SMILES string of the molecule is C1CCN(CCC2CCCCN2)CC1.Cl. The molecule has 0 saturated carbocycles. The third kappa shape index (κ3) is 4.71. The Labute approximate surface area is 100 Å². The van der Waals surface area contributed by atoms with Crippen molar-refractivity contribution in [1.29, 1.82) is 0 Å². The van der Waals surface area contributed by atoms with Gasteiger partial charge < -0.3 is 10.2 Å². The number of likely N-dealkylation sites (tertiary alicyclic amines) is 1. The normalized spacial score (nSPS) is 28.4. The molecule has 0 spiro atoms. The summed E-state index contributed by atoms with van der Waals surface area (Å²) in [5.41, 5.74) is 0. The molecule has 2 aliphatic heterocycles. The topological polar surface area (TPSA) is 15.3 Å². The maximum absolute atomic E-state index is 3.63. The summed E-state index contributed by atoms with van der Waals surface area (Å²) in [6.07, 6.45) is 9.93. The van der Waals surface area contributed by atoms with Crippen LogP contribution in [0.3, 0.4) is 0 Å². The van der Waals surface area contributed by atoms with E-state index in [1.165, 1.54) is 71.1 Å². The first-order valence-corrected chi connectivity index (χ1v) is 6.41. The largest absolute Gasteiger partial charge is 0.314 e. The molecule has 2 rings (SSSR count). The maximum Gasteiger partial charge on any atom is 0.00792 e. The van der Waals surface area contributed by atoms with Gasteiger partial charge in [0.15, 0.2) is 0 Å². The lowest BCUT2D eigenvalue weighted by molar-refractivity contribution is 0.211. The summed E-state index contributed by atoms with van der Waals surface area (Å²) >= 11 is 0. The van der Waals surface area contributed by atoms with Crippen LogP contribution in [0.4, 0.5) is 0 Å². The van der Waals surface area contributed by atoms with Gasteiger partial charge in [0.1, 0.15) is 0 Å². The minimum Gasteiger partial charge on any atom is -0.314 e. The maximum atomic E-state index is 3.63. The lowest BCUT2D eigenvalue weighted by Crippen LogP contribution is -2.38. The number of nitrogens with one attached hydrogen (secondary N) is 1. The number of rotatable bonds is 3. The van der Waals surface area contributed by atoms with Crippen LogP contribution in [0.2, 0.25) is 0 Å². The van der Waals surface area contributed by atoms with Gasteiger partial charge in [-0.05, 0) is 58.3 Å². The Bertz CT molecular complexity index is 134. The molecular formula is C12H25ClN2. The highest BCUT2D eigenvalue weighted by molar-refractivity contribution is 5.85. The molecule has 2 fully saturated rings. The molecule has 1 atom stereocenters. The quantitative estimate of drug-likeness (QED) is 0.804. The van der Waals surface area contributed by atoms with E-state index in [1.807, 2.05) is 0 Å². The van der Waals surface area contributed by atoms with E-state index >= 15 is 0 Å². The van der Waals surface area contributed by atoms with Gasteiger partial charge in [-0.2, -0.15) is 0 Å². The van der Waals surface area contributed by atoms with E-state index in [0.29, 0.717) is 0 Å². The van der Waals surface area contributed by atoms with Crippen LogP contribution in [0.1, 0.15) is 44.9 Å². The molecule has 0 aliphatic carbocycles. The highest BCUT2D eigenvalue weighted by atomic mass is 35.5. The summed E-state index contributed by atoms with van der Waals surface area (Å²) in [4.78, 5) is 2.65. The summed E-state index contributed by atoms with van der Waals surface area (Å²) in [7, 11) is 0. The van der Waals surface area contributed by atoms with Crippen molar-refractivity contribution < 1.29 is 0 Å². The Kier molecular flexibility index (Phi) is 6.62. The number of piperidine rings is 2. The molecule has 0 bridgehead atoms. The average Bonchev–Trinajstić information content (AvgIpc) is 2.29. The molecule has 2 saturated heterocycles. The van der Waals surface area contributed by atoms with Gasteiger partial charge in [0.05, 0.1) is 0 Å². The summed E-state index contributed by atoms with van der Waals surface area (Å²) in [6, 6.07) is 0.825. The monoisotopic (exact) mass is 232 g/mol. The second-order valence-electron chi connectivity index (χ2n) is 4.84. The number of halogens is 1. The van der Waals surface area contributed by atoms with Gasteiger partial charge in [0, 0.05) is 6.04 Å². The minimum atomic E-state index is 0. The third-order valence-corrected chi connectivity index (χ3v) is 3.65. The van der Waals surface area contributed by atoms with Gasteiger partial charge in [-0.25, -0.2) is 0 Å². The Balaban J connectivity index is 0.00000112. The molecular weight excluding hydrogens is 208 g/mol. The van der Waals surface area contributed by atoms with Gasteiger partial charge in [0.25, 0.3) is 0 Å². The van der Waals surface area contributed by atoms with Crippen molar-refractivity contribution in [3.63, 3.8) is 0 Å². The number of nitrogens with zero attached hydrogens (tertiary/aromatic N) is 1. The highest BCUT2D eigenvalue weighted by Gasteiger charge is 2.15.